The molecule has 4 rings (SSSR count). The van der Waals surface area contributed by atoms with Gasteiger partial charge >= 0.3 is 0 Å². The van der Waals surface area contributed by atoms with Gasteiger partial charge in [0, 0.05) is 15.5 Å². The molecule has 1 amide bonds. The van der Waals surface area contributed by atoms with Crippen LogP contribution in [0.15, 0.2) is 24.3 Å². The second-order valence-corrected chi connectivity index (χ2v) is 8.19. The van der Waals surface area contributed by atoms with E-state index in [9.17, 15) is 4.79 Å². The number of carbonyl (C=O) groups excluding carboxylic acids is 1. The van der Waals surface area contributed by atoms with Crippen LogP contribution in [0.25, 0.3) is 0 Å². The Morgan fingerprint density at radius 3 is 2.55 bits per heavy atom. The fourth-order valence-corrected chi connectivity index (χ4v) is 6.27. The Morgan fingerprint density at radius 2 is 2.05 bits per heavy atom. The lowest BCUT2D eigenvalue weighted by molar-refractivity contribution is -0.155. The van der Waals surface area contributed by atoms with Gasteiger partial charge in [0.05, 0.1) is 5.41 Å². The average Bonchev–Trinajstić information content (AvgIpc) is 2.77. The molecule has 2 bridgehead atoms. The maximum atomic E-state index is 12.9. The molecule has 3 saturated carbocycles. The van der Waals surface area contributed by atoms with Crippen molar-refractivity contribution in [1.82, 2.24) is 0 Å². The number of anilines is 1. The van der Waals surface area contributed by atoms with Crippen molar-refractivity contribution in [2.45, 2.75) is 38.4 Å². The minimum absolute atomic E-state index is 0.0107. The van der Waals surface area contributed by atoms with Crippen molar-refractivity contribution in [1.29, 1.82) is 0 Å². The normalized spacial score (nSPS) is 37.4. The molecule has 0 heterocycles. The summed E-state index contributed by atoms with van der Waals surface area (Å²) in [5, 5.41) is 3.69. The number of hydrogen-bond donors (Lipinski definition) is 1. The zero-order valence-corrected chi connectivity index (χ0v) is 14.3. The third kappa shape index (κ3) is 1.48. The molecule has 108 valence electrons. The predicted octanol–water partition coefficient (Wildman–Crippen LogP) is 4.87. The monoisotopic (exact) mass is 355 g/mol. The van der Waals surface area contributed by atoms with Gasteiger partial charge in [-0.05, 0) is 41.9 Å². The minimum atomic E-state index is -0.315. The standard InChI is InChI=1S/C16H19BrClNO/c1-14(2)15(3)7-8-16(14,12(15)17)13(20)19-11-6-4-5-10(18)9-11/h4-6,9,12H,7-8H2,1-3H3,(H,19,20). The number of amides is 1. The van der Waals surface area contributed by atoms with Crippen LogP contribution < -0.4 is 5.32 Å². The molecule has 3 aliphatic carbocycles. The zero-order valence-electron chi connectivity index (χ0n) is 12.0. The third-order valence-corrected chi connectivity index (χ3v) is 8.09. The van der Waals surface area contributed by atoms with Gasteiger partial charge in [0.15, 0.2) is 0 Å². The summed E-state index contributed by atoms with van der Waals surface area (Å²) >= 11 is 9.76. The molecule has 0 saturated heterocycles. The second kappa shape index (κ2) is 4.23. The molecule has 0 radical (unpaired) electrons. The average molecular weight is 357 g/mol. The number of fused-ring (bicyclic) bond motifs is 1. The SMILES string of the molecule is CC12CCC(C(=O)Nc3cccc(Cl)c3)(C1Br)C2(C)C. The highest BCUT2D eigenvalue weighted by atomic mass is 79.9. The Labute approximate surface area is 133 Å². The van der Waals surface area contributed by atoms with E-state index >= 15 is 0 Å². The second-order valence-electron chi connectivity index (χ2n) is 6.84. The highest BCUT2D eigenvalue weighted by Crippen LogP contribution is 2.79. The van der Waals surface area contributed by atoms with E-state index in [1.54, 1.807) is 6.07 Å². The van der Waals surface area contributed by atoms with Crippen LogP contribution in [0, 0.1) is 16.2 Å². The van der Waals surface area contributed by atoms with E-state index in [0.29, 0.717) is 5.02 Å². The number of halogens is 2. The van der Waals surface area contributed by atoms with Gasteiger partial charge in [-0.1, -0.05) is 54.4 Å². The topological polar surface area (TPSA) is 29.1 Å². The van der Waals surface area contributed by atoms with Crippen molar-refractivity contribution in [2.24, 2.45) is 16.2 Å². The minimum Gasteiger partial charge on any atom is -0.326 e. The summed E-state index contributed by atoms with van der Waals surface area (Å²) < 4.78 is 0. The van der Waals surface area contributed by atoms with Crippen LogP contribution in [0.2, 0.25) is 5.02 Å². The lowest BCUT2D eigenvalue weighted by atomic mass is 9.43. The first kappa shape index (κ1) is 14.4. The molecule has 3 fully saturated rings. The maximum absolute atomic E-state index is 12.9. The first-order valence-corrected chi connectivity index (χ1v) is 8.26. The maximum Gasteiger partial charge on any atom is 0.232 e. The van der Waals surface area contributed by atoms with Gasteiger partial charge in [-0.2, -0.15) is 0 Å². The summed E-state index contributed by atoms with van der Waals surface area (Å²) in [6, 6.07) is 7.33. The predicted molar refractivity (Wildman–Crippen MR) is 86.4 cm³/mol. The van der Waals surface area contributed by atoms with E-state index in [1.807, 2.05) is 18.2 Å². The van der Waals surface area contributed by atoms with Crippen LogP contribution in [0.4, 0.5) is 5.69 Å². The number of nitrogens with one attached hydrogen (secondary N) is 1. The fraction of sp³-hybridized carbons (Fsp3) is 0.562. The molecular weight excluding hydrogens is 338 g/mol. The number of hydrogen-bond acceptors (Lipinski definition) is 1. The Bertz CT molecular complexity index is 588. The molecule has 0 aromatic heterocycles. The van der Waals surface area contributed by atoms with Gasteiger partial charge in [0.2, 0.25) is 5.91 Å². The molecule has 20 heavy (non-hydrogen) atoms. The van der Waals surface area contributed by atoms with Crippen molar-refractivity contribution in [3.63, 3.8) is 0 Å². The molecule has 1 N–H and O–H groups in total. The summed E-state index contributed by atoms with van der Waals surface area (Å²) in [5.74, 6) is 0.113. The van der Waals surface area contributed by atoms with Gasteiger partial charge < -0.3 is 5.32 Å². The summed E-state index contributed by atoms with van der Waals surface area (Å²) in [7, 11) is 0. The van der Waals surface area contributed by atoms with Crippen LogP contribution in [0.3, 0.4) is 0 Å². The van der Waals surface area contributed by atoms with Crippen molar-refractivity contribution in [2.75, 3.05) is 5.32 Å². The molecule has 0 spiro atoms. The van der Waals surface area contributed by atoms with E-state index in [-0.39, 0.29) is 27.0 Å². The first-order valence-electron chi connectivity index (χ1n) is 6.97. The lowest BCUT2D eigenvalue weighted by Gasteiger charge is -2.64. The van der Waals surface area contributed by atoms with E-state index in [2.05, 4.69) is 42.0 Å². The quantitative estimate of drug-likeness (QED) is 0.753. The molecule has 2 nitrogen and oxygen atoms in total. The molecule has 3 unspecified atom stereocenters. The number of benzene rings is 1. The van der Waals surface area contributed by atoms with E-state index < -0.39 is 0 Å². The van der Waals surface area contributed by atoms with Crippen molar-refractivity contribution in [3.8, 4) is 0 Å². The summed E-state index contributed by atoms with van der Waals surface area (Å²) in [6.45, 7) is 6.72. The van der Waals surface area contributed by atoms with Crippen LogP contribution in [0.1, 0.15) is 33.6 Å². The molecule has 3 atom stereocenters. The summed E-state index contributed by atoms with van der Waals surface area (Å²) in [6.07, 6.45) is 2.04. The number of rotatable bonds is 2. The van der Waals surface area contributed by atoms with Crippen molar-refractivity contribution < 1.29 is 4.79 Å². The molecular formula is C16H19BrClNO. The number of alkyl halides is 1. The van der Waals surface area contributed by atoms with Gasteiger partial charge in [0.1, 0.15) is 0 Å². The van der Waals surface area contributed by atoms with Crippen molar-refractivity contribution >= 4 is 39.1 Å². The molecule has 3 aliphatic rings. The third-order valence-electron chi connectivity index (χ3n) is 6.06. The van der Waals surface area contributed by atoms with Gasteiger partial charge in [0.25, 0.3) is 0 Å². The van der Waals surface area contributed by atoms with E-state index in [0.717, 1.165) is 18.5 Å². The smallest absolute Gasteiger partial charge is 0.232 e. The molecule has 1 aromatic carbocycles. The van der Waals surface area contributed by atoms with Crippen LogP contribution in [-0.4, -0.2) is 10.7 Å². The fourth-order valence-electron chi connectivity index (χ4n) is 4.27. The van der Waals surface area contributed by atoms with Crippen LogP contribution in [-0.2, 0) is 4.79 Å². The molecule has 1 aromatic rings. The molecule has 0 aliphatic heterocycles. The summed E-state index contributed by atoms with van der Waals surface area (Å²) in [4.78, 5) is 13.1. The Morgan fingerprint density at radius 1 is 1.35 bits per heavy atom. The van der Waals surface area contributed by atoms with E-state index in [1.165, 1.54) is 0 Å². The lowest BCUT2D eigenvalue weighted by Crippen LogP contribution is -2.68. The van der Waals surface area contributed by atoms with Gasteiger partial charge in [-0.15, -0.1) is 0 Å². The largest absolute Gasteiger partial charge is 0.326 e. The van der Waals surface area contributed by atoms with Gasteiger partial charge in [-0.3, -0.25) is 4.79 Å². The van der Waals surface area contributed by atoms with Crippen LogP contribution >= 0.6 is 27.5 Å². The summed E-state index contributed by atoms with van der Waals surface area (Å²) in [5.41, 5.74) is 0.674. The zero-order chi connectivity index (χ0) is 14.8. The highest BCUT2D eigenvalue weighted by molar-refractivity contribution is 9.09. The highest BCUT2D eigenvalue weighted by Gasteiger charge is 2.80. The van der Waals surface area contributed by atoms with Crippen LogP contribution in [0.5, 0.6) is 0 Å². The number of carbonyl (C=O) groups is 1. The Hall–Kier alpha value is -0.540. The first-order chi connectivity index (χ1) is 9.25. The van der Waals surface area contributed by atoms with Gasteiger partial charge in [-0.25, -0.2) is 0 Å². The Kier molecular flexibility index (Phi) is 3.05. The molecule has 4 heteroatoms. The van der Waals surface area contributed by atoms with Crippen molar-refractivity contribution in [3.05, 3.63) is 29.3 Å². The Balaban J connectivity index is 1.89. The van der Waals surface area contributed by atoms with E-state index in [4.69, 9.17) is 11.6 Å².